The smallest absolute Gasteiger partial charge is 0.169 e. The van der Waals surface area contributed by atoms with Crippen LogP contribution in [-0.2, 0) is 11.2 Å². The third-order valence-electron chi connectivity index (χ3n) is 6.06. The van der Waals surface area contributed by atoms with E-state index in [-0.39, 0.29) is 6.04 Å². The lowest BCUT2D eigenvalue weighted by atomic mass is 9.88. The van der Waals surface area contributed by atoms with Gasteiger partial charge in [0.2, 0.25) is 0 Å². The van der Waals surface area contributed by atoms with E-state index in [1.165, 1.54) is 16.7 Å². The van der Waals surface area contributed by atoms with E-state index < -0.39 is 0 Å². The van der Waals surface area contributed by atoms with Crippen molar-refractivity contribution in [1.82, 2.24) is 15.1 Å². The van der Waals surface area contributed by atoms with Gasteiger partial charge in [0.1, 0.15) is 0 Å². The molecule has 0 saturated carbocycles. The topological polar surface area (TPSA) is 46.2 Å². The summed E-state index contributed by atoms with van der Waals surface area (Å²) in [5.74, 6) is 1.52. The van der Waals surface area contributed by atoms with Crippen LogP contribution in [-0.4, -0.2) is 75.1 Å². The van der Waals surface area contributed by atoms with E-state index in [4.69, 9.17) is 26.4 Å². The molecule has 31 heavy (non-hydrogen) atoms. The molecule has 0 aliphatic carbocycles. The summed E-state index contributed by atoms with van der Waals surface area (Å²) < 4.78 is 16.6. The lowest BCUT2D eigenvalue weighted by molar-refractivity contribution is 0.0388. The molecule has 166 valence electrons. The molecular weight excluding hydrogens is 410 g/mol. The highest BCUT2D eigenvalue weighted by atomic mass is 32.1. The Kier molecular flexibility index (Phi) is 7.27. The molecule has 1 fully saturated rings. The summed E-state index contributed by atoms with van der Waals surface area (Å²) in [5, 5.41) is 4.29. The van der Waals surface area contributed by atoms with Gasteiger partial charge in [-0.25, -0.2) is 0 Å². The average molecular weight is 442 g/mol. The number of benzene rings is 2. The minimum Gasteiger partial charge on any atom is -0.493 e. The van der Waals surface area contributed by atoms with Crippen LogP contribution in [0.3, 0.4) is 0 Å². The predicted molar refractivity (Wildman–Crippen MR) is 126 cm³/mol. The van der Waals surface area contributed by atoms with Crippen molar-refractivity contribution in [2.75, 3.05) is 60.2 Å². The van der Waals surface area contributed by atoms with Gasteiger partial charge in [0.15, 0.2) is 16.6 Å². The maximum atomic E-state index is 5.87. The molecule has 0 spiro atoms. The monoisotopic (exact) mass is 441 g/mol. The first-order valence-corrected chi connectivity index (χ1v) is 11.3. The molecule has 1 saturated heterocycles. The van der Waals surface area contributed by atoms with E-state index in [2.05, 4.69) is 51.5 Å². The maximum absolute atomic E-state index is 5.87. The highest BCUT2D eigenvalue weighted by molar-refractivity contribution is 7.80. The van der Waals surface area contributed by atoms with E-state index in [1.807, 2.05) is 6.07 Å². The predicted octanol–water partition coefficient (Wildman–Crippen LogP) is 2.86. The molecule has 2 aliphatic rings. The minimum atomic E-state index is 0.0353. The molecule has 2 aliphatic heterocycles. The zero-order chi connectivity index (χ0) is 21.6. The standard InChI is InChI=1S/C24H31N3O3S/c1-28-21-16-19-8-10-27(24(31)25-9-11-26-12-14-30-15-13-26)23(18-6-4-3-5-7-18)20(19)17-22(21)29-2/h3-7,16-17,23H,8-15H2,1-2H3,(H,25,31). The number of nitrogens with one attached hydrogen (secondary N) is 1. The molecule has 2 aromatic rings. The number of ether oxygens (including phenoxy) is 3. The Bertz CT molecular complexity index is 887. The molecule has 1 atom stereocenters. The summed E-state index contributed by atoms with van der Waals surface area (Å²) in [4.78, 5) is 4.72. The minimum absolute atomic E-state index is 0.0353. The molecule has 0 aromatic heterocycles. The molecule has 1 unspecified atom stereocenters. The highest BCUT2D eigenvalue weighted by Gasteiger charge is 2.31. The molecular formula is C24H31N3O3S. The van der Waals surface area contributed by atoms with Gasteiger partial charge in [0, 0.05) is 32.7 Å². The Hall–Kier alpha value is -2.35. The average Bonchev–Trinajstić information content (AvgIpc) is 2.83. The Morgan fingerprint density at radius 3 is 2.48 bits per heavy atom. The van der Waals surface area contributed by atoms with Crippen molar-refractivity contribution in [2.45, 2.75) is 12.5 Å². The number of nitrogens with zero attached hydrogens (tertiary/aromatic N) is 2. The normalized spacial score (nSPS) is 18.9. The van der Waals surface area contributed by atoms with E-state index in [9.17, 15) is 0 Å². The van der Waals surface area contributed by atoms with Gasteiger partial charge in [-0.3, -0.25) is 4.90 Å². The number of methoxy groups -OCH3 is 2. The summed E-state index contributed by atoms with van der Waals surface area (Å²) in [7, 11) is 3.36. The van der Waals surface area contributed by atoms with E-state index in [1.54, 1.807) is 14.2 Å². The fraction of sp³-hybridized carbons (Fsp3) is 0.458. The number of rotatable bonds is 6. The van der Waals surface area contributed by atoms with Gasteiger partial charge in [-0.1, -0.05) is 30.3 Å². The fourth-order valence-electron chi connectivity index (χ4n) is 4.41. The van der Waals surface area contributed by atoms with Gasteiger partial charge in [0.05, 0.1) is 33.5 Å². The van der Waals surface area contributed by atoms with E-state index >= 15 is 0 Å². The first-order chi connectivity index (χ1) is 15.2. The van der Waals surface area contributed by atoms with Crippen LogP contribution in [0.15, 0.2) is 42.5 Å². The van der Waals surface area contributed by atoms with Crippen LogP contribution in [0, 0.1) is 0 Å². The molecule has 0 amide bonds. The van der Waals surface area contributed by atoms with E-state index in [0.29, 0.717) is 0 Å². The Balaban J connectivity index is 1.56. The second kappa shape index (κ2) is 10.3. The summed E-state index contributed by atoms with van der Waals surface area (Å²) in [6, 6.07) is 14.8. The van der Waals surface area contributed by atoms with E-state index in [0.717, 1.165) is 69.0 Å². The van der Waals surface area contributed by atoms with Crippen LogP contribution < -0.4 is 14.8 Å². The van der Waals surface area contributed by atoms with Gasteiger partial charge in [0.25, 0.3) is 0 Å². The maximum Gasteiger partial charge on any atom is 0.169 e. The highest BCUT2D eigenvalue weighted by Crippen LogP contribution is 2.40. The second-order valence-corrected chi connectivity index (χ2v) is 8.24. The largest absolute Gasteiger partial charge is 0.493 e. The fourth-order valence-corrected chi connectivity index (χ4v) is 4.71. The van der Waals surface area contributed by atoms with Crippen molar-refractivity contribution in [1.29, 1.82) is 0 Å². The van der Waals surface area contributed by atoms with Crippen LogP contribution in [0.2, 0.25) is 0 Å². The number of morpholine rings is 1. The third kappa shape index (κ3) is 4.95. The van der Waals surface area contributed by atoms with Crippen LogP contribution in [0.4, 0.5) is 0 Å². The summed E-state index contributed by atoms with van der Waals surface area (Å²) in [6.45, 7) is 6.25. The third-order valence-corrected chi connectivity index (χ3v) is 6.44. The number of hydrogen-bond acceptors (Lipinski definition) is 5. The molecule has 0 bridgehead atoms. The Morgan fingerprint density at radius 2 is 1.77 bits per heavy atom. The Labute approximate surface area is 190 Å². The van der Waals surface area contributed by atoms with Crippen molar-refractivity contribution in [3.05, 3.63) is 59.2 Å². The molecule has 7 heteroatoms. The molecule has 2 heterocycles. The van der Waals surface area contributed by atoms with Crippen LogP contribution >= 0.6 is 12.2 Å². The van der Waals surface area contributed by atoms with Gasteiger partial charge in [-0.2, -0.15) is 0 Å². The zero-order valence-electron chi connectivity index (χ0n) is 18.3. The number of thiocarbonyl (C=S) groups is 1. The van der Waals surface area contributed by atoms with Gasteiger partial charge >= 0.3 is 0 Å². The molecule has 0 radical (unpaired) electrons. The summed E-state index contributed by atoms with van der Waals surface area (Å²) >= 11 is 5.87. The molecule has 6 nitrogen and oxygen atoms in total. The van der Waals surface area contributed by atoms with Crippen molar-refractivity contribution >= 4 is 17.3 Å². The van der Waals surface area contributed by atoms with Crippen LogP contribution in [0.25, 0.3) is 0 Å². The van der Waals surface area contributed by atoms with Crippen molar-refractivity contribution < 1.29 is 14.2 Å². The Morgan fingerprint density at radius 1 is 1.06 bits per heavy atom. The van der Waals surface area contributed by atoms with Gasteiger partial charge in [-0.05, 0) is 47.5 Å². The summed E-state index contributed by atoms with van der Waals surface area (Å²) in [5.41, 5.74) is 3.71. The quantitative estimate of drug-likeness (QED) is 0.692. The van der Waals surface area contributed by atoms with Gasteiger partial charge in [-0.15, -0.1) is 0 Å². The molecule has 4 rings (SSSR count). The number of fused-ring (bicyclic) bond motifs is 1. The SMILES string of the molecule is COc1cc2c(cc1OC)C(c1ccccc1)N(C(=S)NCCN1CCOCC1)CC2. The first kappa shape index (κ1) is 21.9. The molecule has 1 N–H and O–H groups in total. The van der Waals surface area contributed by atoms with Crippen molar-refractivity contribution in [3.8, 4) is 11.5 Å². The summed E-state index contributed by atoms with van der Waals surface area (Å²) in [6.07, 6.45) is 0.907. The van der Waals surface area contributed by atoms with Gasteiger partial charge < -0.3 is 24.4 Å². The number of hydrogen-bond donors (Lipinski definition) is 1. The second-order valence-electron chi connectivity index (χ2n) is 7.85. The van der Waals surface area contributed by atoms with Crippen molar-refractivity contribution in [2.24, 2.45) is 0 Å². The first-order valence-electron chi connectivity index (χ1n) is 10.9. The lowest BCUT2D eigenvalue weighted by Crippen LogP contribution is -2.48. The van der Waals surface area contributed by atoms with Crippen LogP contribution in [0.5, 0.6) is 11.5 Å². The van der Waals surface area contributed by atoms with Crippen molar-refractivity contribution in [3.63, 3.8) is 0 Å². The lowest BCUT2D eigenvalue weighted by Gasteiger charge is -2.40. The zero-order valence-corrected chi connectivity index (χ0v) is 19.1. The molecule has 2 aromatic carbocycles. The van der Waals surface area contributed by atoms with Crippen LogP contribution in [0.1, 0.15) is 22.7 Å².